The minimum atomic E-state index is -0.381. The quantitative estimate of drug-likeness (QED) is 0.557. The van der Waals surface area contributed by atoms with E-state index in [9.17, 15) is 14.4 Å². The average Bonchev–Trinajstić information content (AvgIpc) is 3.12. The molecule has 2 aromatic rings. The summed E-state index contributed by atoms with van der Waals surface area (Å²) < 4.78 is 5.70. The van der Waals surface area contributed by atoms with E-state index >= 15 is 0 Å². The van der Waals surface area contributed by atoms with Crippen LogP contribution in [0.3, 0.4) is 0 Å². The fraction of sp³-hybridized carbons (Fsp3) is 0.350. The van der Waals surface area contributed by atoms with E-state index in [1.807, 2.05) is 31.2 Å². The van der Waals surface area contributed by atoms with Gasteiger partial charge in [0.25, 0.3) is 5.91 Å². The number of amides is 1. The van der Waals surface area contributed by atoms with Crippen LogP contribution < -0.4 is 0 Å². The van der Waals surface area contributed by atoms with Crippen molar-refractivity contribution in [3.63, 3.8) is 0 Å². The monoisotopic (exact) mass is 405 g/mol. The first-order valence-electron chi connectivity index (χ1n) is 8.76. The van der Waals surface area contributed by atoms with Crippen molar-refractivity contribution in [2.24, 2.45) is 5.92 Å². The lowest BCUT2D eigenvalue weighted by molar-refractivity contribution is -0.148. The van der Waals surface area contributed by atoms with Gasteiger partial charge in [-0.3, -0.25) is 14.4 Å². The fourth-order valence-electron chi connectivity index (χ4n) is 3.09. The fourth-order valence-corrected chi connectivity index (χ4v) is 4.06. The predicted octanol–water partition coefficient (Wildman–Crippen LogP) is 3.99. The number of esters is 1. The van der Waals surface area contributed by atoms with Gasteiger partial charge >= 0.3 is 5.97 Å². The summed E-state index contributed by atoms with van der Waals surface area (Å²) in [5.74, 6) is -0.934. The van der Waals surface area contributed by atoms with Gasteiger partial charge in [-0.25, -0.2) is 0 Å². The van der Waals surface area contributed by atoms with Crippen molar-refractivity contribution < 1.29 is 19.1 Å². The number of ketones is 1. The van der Waals surface area contributed by atoms with Gasteiger partial charge in [-0.2, -0.15) is 0 Å². The molecule has 0 saturated carbocycles. The number of hydrogen-bond donors (Lipinski definition) is 0. The van der Waals surface area contributed by atoms with Crippen LogP contribution in [0.25, 0.3) is 0 Å². The summed E-state index contributed by atoms with van der Waals surface area (Å²) in [7, 11) is 0. The molecule has 142 valence electrons. The average molecular weight is 406 g/mol. The molecule has 0 bridgehead atoms. The second-order valence-electron chi connectivity index (χ2n) is 6.52. The maximum Gasteiger partial charge on any atom is 0.309 e. The van der Waals surface area contributed by atoms with Crippen LogP contribution in [0, 0.1) is 12.8 Å². The number of ether oxygens (including phenoxy) is 1. The molecule has 0 atom stereocenters. The van der Waals surface area contributed by atoms with E-state index in [2.05, 4.69) is 0 Å². The van der Waals surface area contributed by atoms with Gasteiger partial charge < -0.3 is 9.64 Å². The maximum atomic E-state index is 12.6. The number of piperidine rings is 1. The Balaban J connectivity index is 1.48. The molecule has 1 aromatic heterocycles. The van der Waals surface area contributed by atoms with Crippen LogP contribution in [-0.2, 0) is 9.53 Å². The van der Waals surface area contributed by atoms with Crippen LogP contribution >= 0.6 is 22.9 Å². The van der Waals surface area contributed by atoms with Crippen molar-refractivity contribution in [2.45, 2.75) is 19.8 Å². The van der Waals surface area contributed by atoms with E-state index in [4.69, 9.17) is 16.3 Å². The van der Waals surface area contributed by atoms with Crippen LogP contribution in [0.1, 0.15) is 38.4 Å². The molecule has 1 aliphatic heterocycles. The second-order valence-corrected chi connectivity index (χ2v) is 8.23. The van der Waals surface area contributed by atoms with Crippen molar-refractivity contribution in [2.75, 3.05) is 19.7 Å². The number of nitrogens with zero attached hydrogens (tertiary/aromatic N) is 1. The summed E-state index contributed by atoms with van der Waals surface area (Å²) in [6.45, 7) is 2.63. The first kappa shape index (κ1) is 19.6. The Morgan fingerprint density at radius 1 is 1.15 bits per heavy atom. The molecular weight excluding hydrogens is 386 g/mol. The standard InChI is InChI=1S/C20H20ClNO4S/c1-13-4-2-3-5-15(13)19(24)22-10-8-14(9-11-22)20(25)26-12-16(23)17-6-7-18(21)27-17/h2-7,14H,8-12H2,1H3. The Morgan fingerprint density at radius 2 is 1.85 bits per heavy atom. The number of rotatable bonds is 5. The molecule has 2 heterocycles. The lowest BCUT2D eigenvalue weighted by Crippen LogP contribution is -2.41. The van der Waals surface area contributed by atoms with Gasteiger partial charge in [0.05, 0.1) is 15.1 Å². The van der Waals surface area contributed by atoms with Gasteiger partial charge in [-0.1, -0.05) is 29.8 Å². The summed E-state index contributed by atoms with van der Waals surface area (Å²) >= 11 is 6.97. The van der Waals surface area contributed by atoms with Crippen molar-refractivity contribution >= 4 is 40.6 Å². The van der Waals surface area contributed by atoms with Gasteiger partial charge in [0.15, 0.2) is 6.61 Å². The smallest absolute Gasteiger partial charge is 0.309 e. The number of halogens is 1. The number of likely N-dealkylation sites (tertiary alicyclic amines) is 1. The van der Waals surface area contributed by atoms with Gasteiger partial charge in [0.1, 0.15) is 0 Å². The van der Waals surface area contributed by atoms with Crippen molar-refractivity contribution in [3.8, 4) is 0 Å². The zero-order valence-electron chi connectivity index (χ0n) is 14.9. The molecular formula is C20H20ClNO4S. The molecule has 27 heavy (non-hydrogen) atoms. The number of thiophene rings is 1. The van der Waals surface area contributed by atoms with Crippen LogP contribution in [0.2, 0.25) is 4.34 Å². The summed E-state index contributed by atoms with van der Waals surface area (Å²) in [6.07, 6.45) is 1.07. The van der Waals surface area contributed by atoms with Crippen LogP contribution in [-0.4, -0.2) is 42.3 Å². The molecule has 1 fully saturated rings. The molecule has 3 rings (SSSR count). The summed E-state index contributed by atoms with van der Waals surface area (Å²) in [4.78, 5) is 39.1. The number of aryl methyl sites for hydroxylation is 1. The molecule has 1 saturated heterocycles. The molecule has 5 nitrogen and oxygen atoms in total. The maximum absolute atomic E-state index is 12.6. The molecule has 1 aliphatic rings. The van der Waals surface area contributed by atoms with E-state index in [0.717, 1.165) is 5.56 Å². The lowest BCUT2D eigenvalue weighted by Gasteiger charge is -2.31. The van der Waals surface area contributed by atoms with Gasteiger partial charge in [-0.05, 0) is 43.5 Å². The first-order chi connectivity index (χ1) is 13.0. The van der Waals surface area contributed by atoms with Crippen molar-refractivity contribution in [3.05, 3.63) is 56.7 Å². The van der Waals surface area contributed by atoms with E-state index in [-0.39, 0.29) is 30.2 Å². The Morgan fingerprint density at radius 3 is 2.48 bits per heavy atom. The van der Waals surface area contributed by atoms with E-state index < -0.39 is 0 Å². The number of benzene rings is 1. The summed E-state index contributed by atoms with van der Waals surface area (Å²) in [5.41, 5.74) is 1.63. The van der Waals surface area contributed by atoms with Crippen LogP contribution in [0.5, 0.6) is 0 Å². The molecule has 0 aliphatic carbocycles. The van der Waals surface area contributed by atoms with E-state index in [1.165, 1.54) is 11.3 Å². The summed E-state index contributed by atoms with van der Waals surface area (Å²) in [6, 6.07) is 10.7. The zero-order chi connectivity index (χ0) is 19.4. The third-order valence-electron chi connectivity index (χ3n) is 4.68. The molecule has 7 heteroatoms. The van der Waals surface area contributed by atoms with Crippen LogP contribution in [0.15, 0.2) is 36.4 Å². The number of carbonyl (C=O) groups excluding carboxylic acids is 3. The zero-order valence-corrected chi connectivity index (χ0v) is 16.5. The molecule has 0 radical (unpaired) electrons. The predicted molar refractivity (Wildman–Crippen MR) is 104 cm³/mol. The molecule has 0 spiro atoms. The Bertz CT molecular complexity index is 855. The normalized spacial score (nSPS) is 14.8. The van der Waals surface area contributed by atoms with Gasteiger partial charge in [-0.15, -0.1) is 11.3 Å². The third kappa shape index (κ3) is 4.76. The Labute approximate surface area is 166 Å². The molecule has 0 N–H and O–H groups in total. The summed E-state index contributed by atoms with van der Waals surface area (Å²) in [5, 5.41) is 0. The molecule has 1 aromatic carbocycles. The molecule has 1 amide bonds. The van der Waals surface area contributed by atoms with E-state index in [0.29, 0.717) is 40.7 Å². The Hall–Kier alpha value is -2.18. The molecule has 0 unspecified atom stereocenters. The van der Waals surface area contributed by atoms with E-state index in [1.54, 1.807) is 17.0 Å². The number of hydrogen-bond acceptors (Lipinski definition) is 5. The highest BCUT2D eigenvalue weighted by Gasteiger charge is 2.29. The lowest BCUT2D eigenvalue weighted by atomic mass is 9.96. The highest BCUT2D eigenvalue weighted by Crippen LogP contribution is 2.23. The van der Waals surface area contributed by atoms with Gasteiger partial charge in [0.2, 0.25) is 5.78 Å². The minimum absolute atomic E-state index is 0.00957. The highest BCUT2D eigenvalue weighted by molar-refractivity contribution is 7.18. The largest absolute Gasteiger partial charge is 0.457 e. The second kappa shape index (κ2) is 8.67. The van der Waals surface area contributed by atoms with Crippen molar-refractivity contribution in [1.82, 2.24) is 4.90 Å². The van der Waals surface area contributed by atoms with Crippen LogP contribution in [0.4, 0.5) is 0 Å². The minimum Gasteiger partial charge on any atom is -0.457 e. The Kier molecular flexibility index (Phi) is 6.29. The SMILES string of the molecule is Cc1ccccc1C(=O)N1CCC(C(=O)OCC(=O)c2ccc(Cl)s2)CC1. The van der Waals surface area contributed by atoms with Crippen molar-refractivity contribution in [1.29, 1.82) is 0 Å². The topological polar surface area (TPSA) is 63.7 Å². The third-order valence-corrected chi connectivity index (χ3v) is 5.96. The highest BCUT2D eigenvalue weighted by atomic mass is 35.5. The van der Waals surface area contributed by atoms with Gasteiger partial charge in [0, 0.05) is 18.7 Å². The first-order valence-corrected chi connectivity index (χ1v) is 9.95. The number of Topliss-reactive ketones (excluding diaryl/α,β-unsaturated/α-hetero) is 1. The number of carbonyl (C=O) groups is 3.